The third-order valence-electron chi connectivity index (χ3n) is 7.90. The zero-order valence-electron chi connectivity index (χ0n) is 21.4. The summed E-state index contributed by atoms with van der Waals surface area (Å²) in [6, 6.07) is 7.56. The maximum Gasteiger partial charge on any atom is 0.436 e. The lowest BCUT2D eigenvalue weighted by atomic mass is 9.94. The molecule has 1 aliphatic carbocycles. The molecule has 2 aromatic heterocycles. The lowest BCUT2D eigenvalue weighted by molar-refractivity contribution is -0.143. The van der Waals surface area contributed by atoms with E-state index in [1.807, 2.05) is 16.8 Å². The topological polar surface area (TPSA) is 97.4 Å². The van der Waals surface area contributed by atoms with Gasteiger partial charge in [0.2, 0.25) is 5.91 Å². The van der Waals surface area contributed by atoms with Gasteiger partial charge in [0.15, 0.2) is 11.5 Å². The van der Waals surface area contributed by atoms with E-state index in [2.05, 4.69) is 23.7 Å². The minimum absolute atomic E-state index is 0.110. The van der Waals surface area contributed by atoms with E-state index in [9.17, 15) is 27.2 Å². The molecule has 0 bridgehead atoms. The van der Waals surface area contributed by atoms with E-state index in [0.29, 0.717) is 37.2 Å². The van der Waals surface area contributed by atoms with Crippen LogP contribution < -0.4 is 5.73 Å². The Morgan fingerprint density at radius 1 is 1.10 bits per heavy atom. The number of nitrogen functional groups attached to an aromatic ring is 1. The van der Waals surface area contributed by atoms with Crippen molar-refractivity contribution >= 4 is 17.5 Å². The summed E-state index contributed by atoms with van der Waals surface area (Å²) in [7, 11) is 0. The molecule has 208 valence electrons. The first-order chi connectivity index (χ1) is 19.1. The van der Waals surface area contributed by atoms with Crippen LogP contribution in [0.15, 0.2) is 43.1 Å². The first kappa shape index (κ1) is 26.0. The van der Waals surface area contributed by atoms with Crippen LogP contribution in [0.2, 0.25) is 0 Å². The molecule has 2 aliphatic heterocycles. The fourth-order valence-electron chi connectivity index (χ4n) is 5.71. The molecule has 1 saturated carbocycles. The van der Waals surface area contributed by atoms with Gasteiger partial charge >= 0.3 is 6.18 Å². The van der Waals surface area contributed by atoms with Crippen LogP contribution in [-0.4, -0.2) is 56.0 Å². The molecule has 2 amide bonds. The highest BCUT2D eigenvalue weighted by Crippen LogP contribution is 2.41. The van der Waals surface area contributed by atoms with Crippen LogP contribution in [0.5, 0.6) is 0 Å². The number of benzene rings is 1. The second-order valence-corrected chi connectivity index (χ2v) is 10.3. The van der Waals surface area contributed by atoms with Crippen molar-refractivity contribution in [2.45, 2.75) is 43.8 Å². The summed E-state index contributed by atoms with van der Waals surface area (Å²) in [5, 5.41) is 4.88. The van der Waals surface area contributed by atoms with Gasteiger partial charge < -0.3 is 15.5 Å². The van der Waals surface area contributed by atoms with Crippen molar-refractivity contribution in [1.82, 2.24) is 24.6 Å². The molecule has 6 rings (SSSR count). The van der Waals surface area contributed by atoms with Crippen molar-refractivity contribution in [3.05, 3.63) is 82.7 Å². The third kappa shape index (κ3) is 4.31. The second kappa shape index (κ2) is 9.46. The molecule has 4 heterocycles. The number of pyridine rings is 1. The highest BCUT2D eigenvalue weighted by atomic mass is 19.4. The monoisotopic (exact) mass is 554 g/mol. The number of alkyl halides is 3. The molecule has 2 N–H and O–H groups in total. The Balaban J connectivity index is 1.40. The Morgan fingerprint density at radius 2 is 1.82 bits per heavy atom. The van der Waals surface area contributed by atoms with E-state index in [4.69, 9.17) is 10.8 Å². The molecule has 0 spiro atoms. The molecule has 3 aliphatic rings. The number of nitrogens with zero attached hydrogens (tertiary/aromatic N) is 5. The number of rotatable bonds is 4. The number of carbonyl (C=O) groups excluding carboxylic acids is 2. The first-order valence-corrected chi connectivity index (χ1v) is 13.0. The summed E-state index contributed by atoms with van der Waals surface area (Å²) in [5.74, 6) is -2.27. The fourth-order valence-corrected chi connectivity index (χ4v) is 5.71. The summed E-state index contributed by atoms with van der Waals surface area (Å²) in [4.78, 5) is 32.5. The smallest absolute Gasteiger partial charge is 0.396 e. The number of nitrogens with two attached hydrogens (primary N) is 1. The summed E-state index contributed by atoms with van der Waals surface area (Å²) < 4.78 is 55.9. The number of halogens is 4. The number of amides is 2. The molecule has 1 unspecified atom stereocenters. The molecule has 1 aromatic carbocycles. The van der Waals surface area contributed by atoms with Gasteiger partial charge in [0.25, 0.3) is 5.91 Å². The molecule has 1 fully saturated rings. The van der Waals surface area contributed by atoms with Gasteiger partial charge in [-0.1, -0.05) is 18.7 Å². The lowest BCUT2D eigenvalue weighted by Gasteiger charge is -2.38. The van der Waals surface area contributed by atoms with Crippen LogP contribution in [-0.2, 0) is 23.8 Å². The minimum atomic E-state index is -5.06. The Bertz CT molecular complexity index is 1530. The number of anilines is 1. The van der Waals surface area contributed by atoms with Gasteiger partial charge in [-0.05, 0) is 42.5 Å². The van der Waals surface area contributed by atoms with Gasteiger partial charge in [0, 0.05) is 44.2 Å². The summed E-state index contributed by atoms with van der Waals surface area (Å²) in [6.45, 7) is 4.17. The van der Waals surface area contributed by atoms with Gasteiger partial charge in [0.05, 0.1) is 34.4 Å². The number of hydrogen-bond donors (Lipinski definition) is 1. The van der Waals surface area contributed by atoms with Crippen LogP contribution in [0.3, 0.4) is 0 Å². The SMILES string of the molecule is C=CC(=O)N1CCc2nn(-c3ccc(C4CC4)cc3)c3c2C(C1)N(C(=O)c1cnc(C(F)(F)F)c(F)c1N)CC3. The lowest BCUT2D eigenvalue weighted by Crippen LogP contribution is -2.46. The molecule has 40 heavy (non-hydrogen) atoms. The van der Waals surface area contributed by atoms with Crippen molar-refractivity contribution < 1.29 is 27.2 Å². The maximum atomic E-state index is 14.6. The van der Waals surface area contributed by atoms with E-state index < -0.39 is 40.9 Å². The van der Waals surface area contributed by atoms with E-state index in [1.165, 1.54) is 29.4 Å². The third-order valence-corrected chi connectivity index (χ3v) is 7.90. The van der Waals surface area contributed by atoms with E-state index in [-0.39, 0.29) is 19.0 Å². The Morgan fingerprint density at radius 3 is 2.48 bits per heavy atom. The first-order valence-electron chi connectivity index (χ1n) is 13.0. The zero-order chi connectivity index (χ0) is 28.3. The highest BCUT2D eigenvalue weighted by Gasteiger charge is 2.42. The van der Waals surface area contributed by atoms with E-state index in [1.54, 1.807) is 4.90 Å². The molecule has 3 aromatic rings. The predicted molar refractivity (Wildman–Crippen MR) is 137 cm³/mol. The number of carbonyl (C=O) groups is 2. The average molecular weight is 555 g/mol. The van der Waals surface area contributed by atoms with E-state index >= 15 is 0 Å². The number of aromatic nitrogens is 3. The van der Waals surface area contributed by atoms with Crippen molar-refractivity contribution in [1.29, 1.82) is 0 Å². The van der Waals surface area contributed by atoms with Crippen LogP contribution in [0.4, 0.5) is 23.2 Å². The van der Waals surface area contributed by atoms with Gasteiger partial charge in [-0.25, -0.2) is 14.1 Å². The molecule has 1 atom stereocenters. The number of hydrogen-bond acceptors (Lipinski definition) is 5. The quantitative estimate of drug-likeness (QED) is 0.385. The van der Waals surface area contributed by atoms with Crippen LogP contribution in [0.25, 0.3) is 5.69 Å². The summed E-state index contributed by atoms with van der Waals surface area (Å²) >= 11 is 0. The molecule has 8 nitrogen and oxygen atoms in total. The fraction of sp³-hybridized carbons (Fsp3) is 0.357. The van der Waals surface area contributed by atoms with Gasteiger partial charge in [-0.15, -0.1) is 0 Å². The highest BCUT2D eigenvalue weighted by molar-refractivity contribution is 5.99. The summed E-state index contributed by atoms with van der Waals surface area (Å²) in [5.41, 5.74) is 7.08. The van der Waals surface area contributed by atoms with Gasteiger partial charge in [0.1, 0.15) is 0 Å². The largest absolute Gasteiger partial charge is 0.436 e. The van der Waals surface area contributed by atoms with Crippen molar-refractivity contribution in [3.8, 4) is 5.69 Å². The van der Waals surface area contributed by atoms with Crippen LogP contribution in [0, 0.1) is 5.82 Å². The Labute approximate surface area is 227 Å². The average Bonchev–Trinajstić information content (AvgIpc) is 3.74. The van der Waals surface area contributed by atoms with Crippen LogP contribution >= 0.6 is 0 Å². The Kier molecular flexibility index (Phi) is 6.15. The van der Waals surface area contributed by atoms with Crippen LogP contribution in [0.1, 0.15) is 63.4 Å². The Hall–Kier alpha value is -4.22. The molecule has 0 radical (unpaired) electrons. The molecule has 0 saturated heterocycles. The minimum Gasteiger partial charge on any atom is -0.396 e. The van der Waals surface area contributed by atoms with Crippen molar-refractivity contribution in [2.24, 2.45) is 0 Å². The van der Waals surface area contributed by atoms with Gasteiger partial charge in [-0.3, -0.25) is 9.59 Å². The van der Waals surface area contributed by atoms with Crippen molar-refractivity contribution in [2.75, 3.05) is 25.4 Å². The predicted octanol–water partition coefficient (Wildman–Crippen LogP) is 4.20. The zero-order valence-corrected chi connectivity index (χ0v) is 21.4. The normalized spacial score (nSPS) is 18.8. The van der Waals surface area contributed by atoms with Crippen molar-refractivity contribution in [3.63, 3.8) is 0 Å². The molecule has 12 heteroatoms. The molecular formula is C28H26F4N6O2. The standard InChI is InChI=1S/C28H26F4N6O2/c1-2-22(39)36-11-9-19-23-20(38(35-19)17-7-5-16(6-8-17)15-3-4-15)10-12-37(21(23)14-36)27(40)18-13-34-26(28(30,31)32)24(29)25(18)33/h2,5-8,13,15,21H,1,3-4,9-12,14H2,(H2,33,34). The van der Waals surface area contributed by atoms with E-state index in [0.717, 1.165) is 16.9 Å². The maximum absolute atomic E-state index is 14.6. The molecular weight excluding hydrogens is 528 g/mol. The van der Waals surface area contributed by atoms with Gasteiger partial charge in [-0.2, -0.15) is 18.3 Å². The summed E-state index contributed by atoms with van der Waals surface area (Å²) in [6.07, 6.45) is -0.00767. The second-order valence-electron chi connectivity index (χ2n) is 10.3.